The second-order valence-electron chi connectivity index (χ2n) is 6.76. The standard InChI is InChI=1S/C16H28F3N3O/c17-16(18,19)14(23)21-13-15(22-11-9-20-10-12-22)7-5-3-1-2-4-6-8-15/h20H,1-13H2,(H,21,23). The van der Waals surface area contributed by atoms with Crippen molar-refractivity contribution in [3.8, 4) is 0 Å². The highest BCUT2D eigenvalue weighted by atomic mass is 19.4. The molecule has 2 fully saturated rings. The first kappa shape index (κ1) is 18.5. The number of halogens is 3. The van der Waals surface area contributed by atoms with E-state index in [1.807, 2.05) is 0 Å². The van der Waals surface area contributed by atoms with E-state index in [4.69, 9.17) is 0 Å². The summed E-state index contributed by atoms with van der Waals surface area (Å²) in [6, 6.07) is 0. The second kappa shape index (κ2) is 8.33. The van der Waals surface area contributed by atoms with Gasteiger partial charge in [-0.15, -0.1) is 0 Å². The molecule has 2 N–H and O–H groups in total. The van der Waals surface area contributed by atoms with Crippen molar-refractivity contribution in [2.75, 3.05) is 32.7 Å². The summed E-state index contributed by atoms with van der Waals surface area (Å²) >= 11 is 0. The molecule has 0 aromatic carbocycles. The Balaban J connectivity index is 2.09. The van der Waals surface area contributed by atoms with E-state index in [0.717, 1.165) is 64.7 Å². The van der Waals surface area contributed by atoms with Crippen molar-refractivity contribution in [3.63, 3.8) is 0 Å². The van der Waals surface area contributed by atoms with E-state index in [9.17, 15) is 18.0 Å². The molecule has 0 aromatic heterocycles. The summed E-state index contributed by atoms with van der Waals surface area (Å²) in [6.07, 6.45) is 3.62. The van der Waals surface area contributed by atoms with Crippen LogP contribution in [0.2, 0.25) is 0 Å². The summed E-state index contributed by atoms with van der Waals surface area (Å²) in [4.78, 5) is 13.6. The van der Waals surface area contributed by atoms with Gasteiger partial charge in [0.25, 0.3) is 0 Å². The highest BCUT2D eigenvalue weighted by Gasteiger charge is 2.42. The zero-order valence-electron chi connectivity index (χ0n) is 13.7. The van der Waals surface area contributed by atoms with E-state index < -0.39 is 12.1 Å². The Morgan fingerprint density at radius 3 is 2.04 bits per heavy atom. The van der Waals surface area contributed by atoms with Gasteiger partial charge in [0, 0.05) is 38.3 Å². The molecular weight excluding hydrogens is 307 g/mol. The quantitative estimate of drug-likeness (QED) is 0.833. The Kier molecular flexibility index (Phi) is 6.71. The molecule has 134 valence electrons. The van der Waals surface area contributed by atoms with Gasteiger partial charge in [0.1, 0.15) is 0 Å². The third-order valence-electron chi connectivity index (χ3n) is 5.16. The first-order valence-corrected chi connectivity index (χ1v) is 8.75. The summed E-state index contributed by atoms with van der Waals surface area (Å²) in [5.74, 6) is -1.81. The number of alkyl halides is 3. The van der Waals surface area contributed by atoms with E-state index in [2.05, 4.69) is 15.5 Å². The van der Waals surface area contributed by atoms with Crippen molar-refractivity contribution in [1.29, 1.82) is 0 Å². The van der Waals surface area contributed by atoms with Crippen molar-refractivity contribution >= 4 is 5.91 Å². The number of piperazine rings is 1. The van der Waals surface area contributed by atoms with Crippen LogP contribution in [0.4, 0.5) is 13.2 Å². The van der Waals surface area contributed by atoms with Crippen LogP contribution >= 0.6 is 0 Å². The summed E-state index contributed by atoms with van der Waals surface area (Å²) < 4.78 is 37.6. The van der Waals surface area contributed by atoms with Gasteiger partial charge in [0.2, 0.25) is 0 Å². The molecule has 1 amide bonds. The van der Waals surface area contributed by atoms with Gasteiger partial charge in [-0.25, -0.2) is 0 Å². The molecule has 2 rings (SSSR count). The zero-order chi connectivity index (χ0) is 16.8. The molecule has 2 aliphatic rings. The predicted molar refractivity (Wildman–Crippen MR) is 83.2 cm³/mol. The Morgan fingerprint density at radius 2 is 1.52 bits per heavy atom. The first-order chi connectivity index (χ1) is 10.9. The van der Waals surface area contributed by atoms with Gasteiger partial charge in [-0.2, -0.15) is 13.2 Å². The molecule has 1 heterocycles. The minimum absolute atomic E-state index is 0.103. The van der Waals surface area contributed by atoms with Crippen molar-refractivity contribution < 1.29 is 18.0 Å². The molecule has 0 atom stereocenters. The highest BCUT2D eigenvalue weighted by Crippen LogP contribution is 2.31. The van der Waals surface area contributed by atoms with Gasteiger partial charge in [-0.3, -0.25) is 9.69 Å². The summed E-state index contributed by atoms with van der Waals surface area (Å²) in [5.41, 5.74) is -0.326. The smallest absolute Gasteiger partial charge is 0.346 e. The zero-order valence-corrected chi connectivity index (χ0v) is 13.7. The van der Waals surface area contributed by atoms with Crippen LogP contribution in [-0.4, -0.2) is 55.2 Å². The Morgan fingerprint density at radius 1 is 1.00 bits per heavy atom. The summed E-state index contributed by atoms with van der Waals surface area (Å²) in [6.45, 7) is 3.49. The largest absolute Gasteiger partial charge is 0.471 e. The molecule has 0 aromatic rings. The Labute approximate surface area is 136 Å². The fourth-order valence-corrected chi connectivity index (χ4v) is 3.83. The lowest BCUT2D eigenvalue weighted by atomic mass is 9.85. The van der Waals surface area contributed by atoms with Gasteiger partial charge in [0.15, 0.2) is 0 Å². The molecule has 1 saturated carbocycles. The molecular formula is C16H28F3N3O. The Bertz CT molecular complexity index is 371. The third-order valence-corrected chi connectivity index (χ3v) is 5.16. The maximum Gasteiger partial charge on any atom is 0.471 e. The highest BCUT2D eigenvalue weighted by molar-refractivity contribution is 5.81. The molecule has 1 saturated heterocycles. The number of carbonyl (C=O) groups is 1. The number of nitrogens with zero attached hydrogens (tertiary/aromatic N) is 1. The lowest BCUT2D eigenvalue weighted by Gasteiger charge is -2.46. The topological polar surface area (TPSA) is 44.4 Å². The molecule has 0 spiro atoms. The van der Waals surface area contributed by atoms with E-state index in [-0.39, 0.29) is 12.1 Å². The van der Waals surface area contributed by atoms with E-state index in [1.54, 1.807) is 0 Å². The van der Waals surface area contributed by atoms with Crippen LogP contribution in [0.5, 0.6) is 0 Å². The van der Waals surface area contributed by atoms with Crippen LogP contribution in [0.15, 0.2) is 0 Å². The van der Waals surface area contributed by atoms with Crippen molar-refractivity contribution in [1.82, 2.24) is 15.5 Å². The van der Waals surface area contributed by atoms with Gasteiger partial charge in [0.05, 0.1) is 0 Å². The molecule has 1 aliphatic heterocycles. The minimum atomic E-state index is -4.80. The predicted octanol–water partition coefficient (Wildman–Crippen LogP) is 2.44. The number of rotatable bonds is 3. The van der Waals surface area contributed by atoms with E-state index >= 15 is 0 Å². The van der Waals surface area contributed by atoms with Crippen LogP contribution in [0.1, 0.15) is 51.4 Å². The van der Waals surface area contributed by atoms with Gasteiger partial charge < -0.3 is 10.6 Å². The maximum absolute atomic E-state index is 12.5. The monoisotopic (exact) mass is 335 g/mol. The van der Waals surface area contributed by atoms with E-state index in [1.165, 1.54) is 12.8 Å². The number of nitrogens with one attached hydrogen (secondary N) is 2. The van der Waals surface area contributed by atoms with Gasteiger partial charge >= 0.3 is 12.1 Å². The lowest BCUT2D eigenvalue weighted by Crippen LogP contribution is -2.61. The average Bonchev–Trinajstić information content (AvgIpc) is 2.65. The van der Waals surface area contributed by atoms with Crippen molar-refractivity contribution in [2.24, 2.45) is 0 Å². The van der Waals surface area contributed by atoms with Crippen LogP contribution in [0, 0.1) is 0 Å². The van der Waals surface area contributed by atoms with E-state index in [0.29, 0.717) is 0 Å². The van der Waals surface area contributed by atoms with Crippen molar-refractivity contribution in [2.45, 2.75) is 63.1 Å². The minimum Gasteiger partial charge on any atom is -0.346 e. The molecule has 23 heavy (non-hydrogen) atoms. The molecule has 0 unspecified atom stereocenters. The number of hydrogen-bond acceptors (Lipinski definition) is 3. The van der Waals surface area contributed by atoms with Crippen molar-refractivity contribution in [3.05, 3.63) is 0 Å². The molecule has 1 aliphatic carbocycles. The van der Waals surface area contributed by atoms with Crippen LogP contribution in [0.3, 0.4) is 0 Å². The maximum atomic E-state index is 12.5. The van der Waals surface area contributed by atoms with Crippen LogP contribution in [0.25, 0.3) is 0 Å². The number of carbonyl (C=O) groups excluding carboxylic acids is 1. The number of amides is 1. The first-order valence-electron chi connectivity index (χ1n) is 8.75. The average molecular weight is 335 g/mol. The normalized spacial score (nSPS) is 24.3. The fraction of sp³-hybridized carbons (Fsp3) is 0.938. The molecule has 7 heteroatoms. The second-order valence-corrected chi connectivity index (χ2v) is 6.76. The summed E-state index contributed by atoms with van der Waals surface area (Å²) in [7, 11) is 0. The fourth-order valence-electron chi connectivity index (χ4n) is 3.83. The molecule has 0 bridgehead atoms. The lowest BCUT2D eigenvalue weighted by molar-refractivity contribution is -0.174. The van der Waals surface area contributed by atoms with Crippen LogP contribution < -0.4 is 10.6 Å². The third kappa shape index (κ3) is 5.35. The van der Waals surface area contributed by atoms with Crippen LogP contribution in [-0.2, 0) is 4.79 Å². The Hall–Kier alpha value is -0.820. The molecule has 4 nitrogen and oxygen atoms in total. The van der Waals surface area contributed by atoms with Gasteiger partial charge in [-0.1, -0.05) is 38.5 Å². The number of hydrogen-bond donors (Lipinski definition) is 2. The summed E-state index contributed by atoms with van der Waals surface area (Å²) in [5, 5.41) is 5.46. The molecule has 0 radical (unpaired) electrons. The SMILES string of the molecule is O=C(NCC1(N2CCNCC2)CCCCCCCC1)C(F)(F)F. The van der Waals surface area contributed by atoms with Gasteiger partial charge in [-0.05, 0) is 12.8 Å².